The van der Waals surface area contributed by atoms with Crippen LogP contribution < -0.4 is 4.74 Å². The van der Waals surface area contributed by atoms with Gasteiger partial charge in [-0.05, 0) is 35.4 Å². The number of methoxy groups -OCH3 is 1. The Morgan fingerprint density at radius 3 is 2.55 bits per heavy atom. The summed E-state index contributed by atoms with van der Waals surface area (Å²) in [5.41, 5.74) is 2.77. The normalized spacial score (nSPS) is 10.3. The van der Waals surface area contributed by atoms with E-state index in [1.165, 1.54) is 5.56 Å². The summed E-state index contributed by atoms with van der Waals surface area (Å²) in [6.07, 6.45) is 0. The maximum Gasteiger partial charge on any atom is 0.252 e. The van der Waals surface area contributed by atoms with Gasteiger partial charge in [0.1, 0.15) is 5.75 Å². The lowest BCUT2D eigenvalue weighted by molar-refractivity contribution is 0.108. The predicted octanol–water partition coefficient (Wildman–Crippen LogP) is 4.51. The van der Waals surface area contributed by atoms with Gasteiger partial charge in [-0.2, -0.15) is 11.8 Å². The molecule has 0 saturated carbocycles. The summed E-state index contributed by atoms with van der Waals surface area (Å²) in [5.74, 6) is 2.48. The average molecular weight is 307 g/mol. The van der Waals surface area contributed by atoms with E-state index in [0.29, 0.717) is 5.56 Å². The van der Waals surface area contributed by atoms with Crippen LogP contribution in [0.4, 0.5) is 0 Å². The number of benzene rings is 2. The molecule has 2 rings (SSSR count). The van der Waals surface area contributed by atoms with Gasteiger partial charge < -0.3 is 4.74 Å². The molecule has 0 unspecified atom stereocenters. The molecule has 0 N–H and O–H groups in total. The van der Waals surface area contributed by atoms with Crippen LogP contribution in [0.2, 0.25) is 0 Å². The quantitative estimate of drug-likeness (QED) is 0.735. The molecular weight excluding hydrogens is 292 g/mol. The summed E-state index contributed by atoms with van der Waals surface area (Å²) in [4.78, 5) is 11.2. The fourth-order valence-corrected chi connectivity index (χ4v) is 2.96. The van der Waals surface area contributed by atoms with E-state index in [-0.39, 0.29) is 0 Å². The lowest BCUT2D eigenvalue weighted by Gasteiger charge is -2.09. The summed E-state index contributed by atoms with van der Waals surface area (Å²) in [7, 11) is 1.63. The second-order valence-electron chi connectivity index (χ2n) is 4.28. The third kappa shape index (κ3) is 4.02. The van der Waals surface area contributed by atoms with Crippen LogP contribution in [0.1, 0.15) is 21.5 Å². The van der Waals surface area contributed by atoms with Crippen molar-refractivity contribution < 1.29 is 9.53 Å². The molecule has 0 heterocycles. The summed E-state index contributed by atoms with van der Waals surface area (Å²) < 4.78 is 5.32. The second kappa shape index (κ2) is 7.36. The Hall–Kier alpha value is -1.45. The molecule has 0 saturated heterocycles. The molecule has 0 fully saturated rings. The molecular formula is C16H15ClO2S. The highest BCUT2D eigenvalue weighted by Gasteiger charge is 2.08. The Bertz CT molecular complexity index is 584. The monoisotopic (exact) mass is 306 g/mol. The van der Waals surface area contributed by atoms with Gasteiger partial charge >= 0.3 is 0 Å². The third-order valence-corrected chi connectivity index (χ3v) is 4.15. The highest BCUT2D eigenvalue weighted by Crippen LogP contribution is 2.26. The number of hydrogen-bond acceptors (Lipinski definition) is 3. The Kier molecular flexibility index (Phi) is 5.50. The lowest BCUT2D eigenvalue weighted by Crippen LogP contribution is -1.95. The predicted molar refractivity (Wildman–Crippen MR) is 84.6 cm³/mol. The molecule has 0 aliphatic rings. The molecule has 104 valence electrons. The van der Waals surface area contributed by atoms with Crippen molar-refractivity contribution in [2.24, 2.45) is 0 Å². The van der Waals surface area contributed by atoms with E-state index in [9.17, 15) is 4.79 Å². The van der Waals surface area contributed by atoms with Crippen LogP contribution in [-0.2, 0) is 11.5 Å². The summed E-state index contributed by atoms with van der Waals surface area (Å²) >= 11 is 7.29. The van der Waals surface area contributed by atoms with Crippen LogP contribution in [0.25, 0.3) is 0 Å². The van der Waals surface area contributed by atoms with Gasteiger partial charge in [-0.15, -0.1) is 0 Å². The molecule has 0 aliphatic carbocycles. The fraction of sp³-hybridized carbons (Fsp3) is 0.188. The molecule has 0 atom stereocenters. The summed E-state index contributed by atoms with van der Waals surface area (Å²) in [5, 5.41) is -0.443. The average Bonchev–Trinajstić information content (AvgIpc) is 2.48. The molecule has 0 aliphatic heterocycles. The van der Waals surface area contributed by atoms with Crippen molar-refractivity contribution in [2.75, 3.05) is 7.11 Å². The van der Waals surface area contributed by atoms with Crippen molar-refractivity contribution in [1.82, 2.24) is 0 Å². The highest BCUT2D eigenvalue weighted by molar-refractivity contribution is 7.97. The summed E-state index contributed by atoms with van der Waals surface area (Å²) in [6.45, 7) is 0. The maximum absolute atomic E-state index is 11.2. The van der Waals surface area contributed by atoms with Crippen LogP contribution in [0.5, 0.6) is 5.75 Å². The van der Waals surface area contributed by atoms with Crippen molar-refractivity contribution in [2.45, 2.75) is 11.5 Å². The van der Waals surface area contributed by atoms with Gasteiger partial charge in [0.2, 0.25) is 0 Å². The minimum Gasteiger partial charge on any atom is -0.496 e. The van der Waals surface area contributed by atoms with Crippen molar-refractivity contribution >= 4 is 28.6 Å². The molecule has 0 aromatic heterocycles. The number of carbonyl (C=O) groups excluding carboxylic acids is 1. The number of rotatable bonds is 6. The number of thioether (sulfide) groups is 1. The Balaban J connectivity index is 2.04. The van der Waals surface area contributed by atoms with Crippen molar-refractivity contribution in [1.29, 1.82) is 0 Å². The SMILES string of the molecule is COc1ccc(C(=O)Cl)cc1CSCc1ccccc1. The van der Waals surface area contributed by atoms with Crippen LogP contribution >= 0.6 is 23.4 Å². The Labute approximate surface area is 128 Å². The lowest BCUT2D eigenvalue weighted by atomic mass is 10.1. The minimum atomic E-state index is -0.443. The molecule has 0 amide bonds. The zero-order valence-electron chi connectivity index (χ0n) is 11.1. The van der Waals surface area contributed by atoms with Crippen molar-refractivity contribution in [3.05, 3.63) is 65.2 Å². The van der Waals surface area contributed by atoms with Gasteiger partial charge in [0.25, 0.3) is 5.24 Å². The van der Waals surface area contributed by atoms with E-state index in [0.717, 1.165) is 22.8 Å². The molecule has 20 heavy (non-hydrogen) atoms. The summed E-state index contributed by atoms with van der Waals surface area (Å²) in [6, 6.07) is 15.5. The van der Waals surface area contributed by atoms with Gasteiger partial charge in [-0.25, -0.2) is 0 Å². The number of halogens is 1. The third-order valence-electron chi connectivity index (χ3n) is 2.88. The Morgan fingerprint density at radius 1 is 1.15 bits per heavy atom. The van der Waals surface area contributed by atoms with Crippen LogP contribution in [-0.4, -0.2) is 12.4 Å². The van der Waals surface area contributed by atoms with Crippen molar-refractivity contribution in [3.63, 3.8) is 0 Å². The van der Waals surface area contributed by atoms with E-state index in [2.05, 4.69) is 12.1 Å². The zero-order chi connectivity index (χ0) is 14.4. The molecule has 0 bridgehead atoms. The maximum atomic E-state index is 11.2. The van der Waals surface area contributed by atoms with Gasteiger partial charge in [-0.1, -0.05) is 30.3 Å². The topological polar surface area (TPSA) is 26.3 Å². The molecule has 2 nitrogen and oxygen atoms in total. The highest BCUT2D eigenvalue weighted by atomic mass is 35.5. The van der Waals surface area contributed by atoms with E-state index in [4.69, 9.17) is 16.3 Å². The number of ether oxygens (including phenoxy) is 1. The van der Waals surface area contributed by atoms with Crippen LogP contribution in [0, 0.1) is 0 Å². The molecule has 0 spiro atoms. The molecule has 2 aromatic rings. The van der Waals surface area contributed by atoms with E-state index in [1.54, 1.807) is 37.1 Å². The van der Waals surface area contributed by atoms with Gasteiger partial charge in [0.15, 0.2) is 0 Å². The van der Waals surface area contributed by atoms with E-state index >= 15 is 0 Å². The van der Waals surface area contributed by atoms with E-state index < -0.39 is 5.24 Å². The van der Waals surface area contributed by atoms with Crippen LogP contribution in [0.3, 0.4) is 0 Å². The molecule has 4 heteroatoms. The zero-order valence-corrected chi connectivity index (χ0v) is 12.7. The first-order valence-corrected chi connectivity index (χ1v) is 7.72. The first-order valence-electron chi connectivity index (χ1n) is 6.19. The van der Waals surface area contributed by atoms with Gasteiger partial charge in [0, 0.05) is 22.6 Å². The van der Waals surface area contributed by atoms with Crippen molar-refractivity contribution in [3.8, 4) is 5.75 Å². The number of carbonyl (C=O) groups is 1. The smallest absolute Gasteiger partial charge is 0.252 e. The number of hydrogen-bond donors (Lipinski definition) is 0. The van der Waals surface area contributed by atoms with E-state index in [1.807, 2.05) is 18.2 Å². The van der Waals surface area contributed by atoms with Gasteiger partial charge in [-0.3, -0.25) is 4.79 Å². The second-order valence-corrected chi connectivity index (χ2v) is 5.61. The Morgan fingerprint density at radius 2 is 1.90 bits per heavy atom. The first kappa shape index (κ1) is 14.9. The van der Waals surface area contributed by atoms with Crippen LogP contribution in [0.15, 0.2) is 48.5 Å². The molecule has 0 radical (unpaired) electrons. The molecule has 2 aromatic carbocycles. The fourth-order valence-electron chi connectivity index (χ4n) is 1.87. The standard InChI is InChI=1S/C16H15ClO2S/c1-19-15-8-7-13(16(17)18)9-14(15)11-20-10-12-5-3-2-4-6-12/h2-9H,10-11H2,1H3. The first-order chi connectivity index (χ1) is 9.70. The minimum absolute atomic E-state index is 0.443. The van der Waals surface area contributed by atoms with Gasteiger partial charge in [0.05, 0.1) is 7.11 Å². The largest absolute Gasteiger partial charge is 0.496 e.